The van der Waals surface area contributed by atoms with Crippen molar-refractivity contribution in [2.75, 3.05) is 25.4 Å². The van der Waals surface area contributed by atoms with Crippen LogP contribution in [0.1, 0.15) is 12.8 Å². The van der Waals surface area contributed by atoms with E-state index < -0.39 is 0 Å². The maximum absolute atomic E-state index is 6.37. The van der Waals surface area contributed by atoms with Crippen molar-refractivity contribution in [1.82, 2.24) is 9.88 Å². The highest BCUT2D eigenvalue weighted by atomic mass is 32.1. The fraction of sp³-hybridized carbons (Fsp3) is 0.500. The Morgan fingerprint density at radius 3 is 2.52 bits per heavy atom. The van der Waals surface area contributed by atoms with Crippen molar-refractivity contribution in [3.05, 3.63) is 30.5 Å². The molecule has 5 heteroatoms. The zero-order chi connectivity index (χ0) is 15.4. The first kappa shape index (κ1) is 13.8. The third-order valence-corrected chi connectivity index (χ3v) is 6.56. The number of hydrogen-bond donors (Lipinski definition) is 1. The molecule has 4 fully saturated rings. The Kier molecular flexibility index (Phi) is 3.13. The number of nitrogens with two attached hydrogens (primary N) is 1. The molecule has 1 aromatic heterocycles. The molecular weight excluding hydrogens is 306 g/mol. The lowest BCUT2D eigenvalue weighted by molar-refractivity contribution is -0.0985. The molecule has 1 aromatic carbocycles. The summed E-state index contributed by atoms with van der Waals surface area (Å²) in [5, 5.41) is 0.823. The van der Waals surface area contributed by atoms with E-state index in [-0.39, 0.29) is 0 Å². The first-order chi connectivity index (χ1) is 11.2. The van der Waals surface area contributed by atoms with Gasteiger partial charge in [0.05, 0.1) is 4.88 Å². The second kappa shape index (κ2) is 5.21. The van der Waals surface area contributed by atoms with Crippen LogP contribution in [-0.2, 0) is 0 Å². The van der Waals surface area contributed by atoms with Crippen molar-refractivity contribution in [2.24, 2.45) is 17.8 Å². The fourth-order valence-corrected chi connectivity index (χ4v) is 5.58. The van der Waals surface area contributed by atoms with Crippen LogP contribution in [0.4, 0.5) is 5.69 Å². The summed E-state index contributed by atoms with van der Waals surface area (Å²) in [5.74, 6) is 2.31. The van der Waals surface area contributed by atoms with Gasteiger partial charge in [0, 0.05) is 43.4 Å². The summed E-state index contributed by atoms with van der Waals surface area (Å²) in [6.07, 6.45) is 4.97. The zero-order valence-electron chi connectivity index (χ0n) is 13.0. The second-order valence-corrected chi connectivity index (χ2v) is 8.26. The molecule has 2 atom stereocenters. The van der Waals surface area contributed by atoms with Gasteiger partial charge in [-0.1, -0.05) is 23.5 Å². The van der Waals surface area contributed by atoms with Crippen LogP contribution < -0.4 is 10.5 Å². The molecule has 3 saturated heterocycles. The molecule has 2 unspecified atom stereocenters. The Labute approximate surface area is 140 Å². The molecule has 2 N–H and O–H groups in total. The number of ether oxygens (including phenoxy) is 1. The first-order valence-electron chi connectivity index (χ1n) is 8.45. The highest BCUT2D eigenvalue weighted by molar-refractivity contribution is 7.16. The number of benzene rings is 1. The zero-order valence-corrected chi connectivity index (χ0v) is 13.8. The molecule has 4 aliphatic rings. The smallest absolute Gasteiger partial charge is 0.273 e. The molecule has 0 spiro atoms. The summed E-state index contributed by atoms with van der Waals surface area (Å²) < 4.78 is 6.37. The highest BCUT2D eigenvalue weighted by Gasteiger charge is 2.48. The SMILES string of the molecule is Nc1ccc(-c2cnc(OC3C4CC5CC3CN(C5)C4)s2)cc1. The van der Waals surface area contributed by atoms with Gasteiger partial charge in [0.2, 0.25) is 0 Å². The Morgan fingerprint density at radius 1 is 1.09 bits per heavy atom. The monoisotopic (exact) mass is 327 g/mol. The summed E-state index contributed by atoms with van der Waals surface area (Å²) in [5.41, 5.74) is 7.71. The number of hydrogen-bond acceptors (Lipinski definition) is 5. The minimum absolute atomic E-state index is 0.369. The maximum Gasteiger partial charge on any atom is 0.273 e. The summed E-state index contributed by atoms with van der Waals surface area (Å²) in [6, 6.07) is 7.95. The quantitative estimate of drug-likeness (QED) is 0.880. The Hall–Kier alpha value is -1.59. The summed E-state index contributed by atoms with van der Waals surface area (Å²) >= 11 is 1.65. The number of nitrogen functional groups attached to an aromatic ring is 1. The van der Waals surface area contributed by atoms with Crippen molar-refractivity contribution < 1.29 is 4.74 Å². The molecule has 1 aliphatic carbocycles. The third-order valence-electron chi connectivity index (χ3n) is 5.62. The molecule has 1 saturated carbocycles. The number of thiazole rings is 1. The lowest BCUT2D eigenvalue weighted by Gasteiger charge is -2.55. The van der Waals surface area contributed by atoms with E-state index in [2.05, 4.69) is 9.88 Å². The summed E-state index contributed by atoms with van der Waals surface area (Å²) in [7, 11) is 0. The van der Waals surface area contributed by atoms with Gasteiger partial charge in [-0.3, -0.25) is 0 Å². The van der Waals surface area contributed by atoms with E-state index in [0.717, 1.165) is 27.2 Å². The van der Waals surface area contributed by atoms with Crippen molar-refractivity contribution in [3.63, 3.8) is 0 Å². The van der Waals surface area contributed by atoms with Gasteiger partial charge >= 0.3 is 0 Å². The molecule has 0 amide bonds. The highest BCUT2D eigenvalue weighted by Crippen LogP contribution is 2.45. The predicted octanol–water partition coefficient (Wildman–Crippen LogP) is 3.11. The van der Waals surface area contributed by atoms with Crippen LogP contribution >= 0.6 is 11.3 Å². The molecule has 23 heavy (non-hydrogen) atoms. The molecule has 3 aliphatic heterocycles. The summed E-state index contributed by atoms with van der Waals surface area (Å²) in [4.78, 5) is 8.30. The van der Waals surface area contributed by atoms with Crippen LogP contribution in [0.15, 0.2) is 30.5 Å². The average molecular weight is 327 g/mol. The van der Waals surface area contributed by atoms with E-state index in [9.17, 15) is 0 Å². The number of aromatic nitrogens is 1. The molecule has 4 heterocycles. The van der Waals surface area contributed by atoms with Crippen molar-refractivity contribution in [3.8, 4) is 15.6 Å². The average Bonchev–Trinajstić information content (AvgIpc) is 2.99. The number of anilines is 1. The van der Waals surface area contributed by atoms with Gasteiger partial charge in [-0.15, -0.1) is 0 Å². The molecular formula is C18H21N3OS. The van der Waals surface area contributed by atoms with Crippen molar-refractivity contribution >= 4 is 17.0 Å². The Morgan fingerprint density at radius 2 is 1.83 bits per heavy atom. The van der Waals surface area contributed by atoms with Gasteiger partial charge in [0.15, 0.2) is 0 Å². The standard InChI is InChI=1S/C18H21N3OS/c19-15-3-1-12(2-4-15)16-7-20-18(23-16)22-17-13-5-11-6-14(17)10-21(8-11)9-13/h1-4,7,11,13-14,17H,5-6,8-10,19H2. The van der Waals surface area contributed by atoms with Crippen molar-refractivity contribution in [2.45, 2.75) is 18.9 Å². The van der Waals surface area contributed by atoms with E-state index in [1.807, 2.05) is 30.5 Å². The lowest BCUT2D eigenvalue weighted by atomic mass is 9.66. The minimum Gasteiger partial charge on any atom is -0.466 e. The van der Waals surface area contributed by atoms with Gasteiger partial charge in [0.25, 0.3) is 5.19 Å². The van der Waals surface area contributed by atoms with E-state index in [4.69, 9.17) is 10.5 Å². The molecule has 0 radical (unpaired) electrons. The molecule has 2 aromatic rings. The largest absolute Gasteiger partial charge is 0.466 e. The molecule has 6 rings (SSSR count). The van der Waals surface area contributed by atoms with E-state index >= 15 is 0 Å². The van der Waals surface area contributed by atoms with Crippen LogP contribution in [-0.4, -0.2) is 35.6 Å². The number of nitrogens with zero attached hydrogens (tertiary/aromatic N) is 2. The molecule has 120 valence electrons. The van der Waals surface area contributed by atoms with Gasteiger partial charge in [0.1, 0.15) is 6.10 Å². The van der Waals surface area contributed by atoms with Gasteiger partial charge in [-0.25, -0.2) is 4.98 Å². The van der Waals surface area contributed by atoms with E-state index in [1.54, 1.807) is 11.3 Å². The predicted molar refractivity (Wildman–Crippen MR) is 92.5 cm³/mol. The van der Waals surface area contributed by atoms with Crippen molar-refractivity contribution in [1.29, 1.82) is 0 Å². The normalized spacial score (nSPS) is 34.7. The number of rotatable bonds is 3. The van der Waals surface area contributed by atoms with Crippen LogP contribution in [0.5, 0.6) is 5.19 Å². The van der Waals surface area contributed by atoms with Gasteiger partial charge < -0.3 is 15.4 Å². The van der Waals surface area contributed by atoms with E-state index in [0.29, 0.717) is 17.9 Å². The van der Waals surface area contributed by atoms with Crippen LogP contribution in [0.25, 0.3) is 10.4 Å². The first-order valence-corrected chi connectivity index (χ1v) is 9.27. The third kappa shape index (κ3) is 2.42. The van der Waals surface area contributed by atoms with Gasteiger partial charge in [-0.2, -0.15) is 0 Å². The van der Waals surface area contributed by atoms with E-state index in [1.165, 1.54) is 32.5 Å². The number of piperidine rings is 3. The fourth-order valence-electron chi connectivity index (χ4n) is 4.77. The molecule has 4 bridgehead atoms. The topological polar surface area (TPSA) is 51.4 Å². The van der Waals surface area contributed by atoms with Gasteiger partial charge in [-0.05, 0) is 36.5 Å². The lowest BCUT2D eigenvalue weighted by Crippen LogP contribution is -2.61. The maximum atomic E-state index is 6.37. The van der Waals surface area contributed by atoms with Crippen LogP contribution in [0.3, 0.4) is 0 Å². The Balaban J connectivity index is 1.34. The second-order valence-electron chi connectivity index (χ2n) is 7.27. The van der Waals surface area contributed by atoms with Crippen LogP contribution in [0.2, 0.25) is 0 Å². The molecule has 4 nitrogen and oxygen atoms in total. The minimum atomic E-state index is 0.369. The Bertz CT molecular complexity index is 683. The van der Waals surface area contributed by atoms with Crippen LogP contribution in [0, 0.1) is 17.8 Å². The summed E-state index contributed by atoms with van der Waals surface area (Å²) in [6.45, 7) is 3.75.